The number of benzene rings is 1. The average molecular weight is 459 g/mol. The van der Waals surface area contributed by atoms with Crippen molar-refractivity contribution < 1.29 is 34.0 Å². The first-order valence-electron chi connectivity index (χ1n) is 11.4. The van der Waals surface area contributed by atoms with Gasteiger partial charge in [0.1, 0.15) is 11.9 Å². The van der Waals surface area contributed by atoms with Crippen LogP contribution in [0, 0.1) is 0 Å². The molecule has 1 fully saturated rings. The Labute approximate surface area is 192 Å². The van der Waals surface area contributed by atoms with E-state index in [1.807, 2.05) is 19.2 Å². The van der Waals surface area contributed by atoms with Crippen molar-refractivity contribution in [3.63, 3.8) is 0 Å². The number of aliphatic hydroxyl groups is 2. The molecule has 1 aromatic carbocycles. The van der Waals surface area contributed by atoms with E-state index in [2.05, 4.69) is 10.2 Å². The summed E-state index contributed by atoms with van der Waals surface area (Å²) >= 11 is 0. The number of piperidine rings is 1. The molecule has 1 saturated heterocycles. The van der Waals surface area contributed by atoms with Crippen molar-refractivity contribution in [3.05, 3.63) is 35.1 Å². The molecule has 0 radical (unpaired) electrons. The highest BCUT2D eigenvalue weighted by Gasteiger charge is 2.72. The van der Waals surface area contributed by atoms with Gasteiger partial charge in [0.2, 0.25) is 5.91 Å². The van der Waals surface area contributed by atoms with Gasteiger partial charge in [-0.05, 0) is 51.1 Å². The summed E-state index contributed by atoms with van der Waals surface area (Å²) in [6.07, 6.45) is 1.65. The van der Waals surface area contributed by atoms with Gasteiger partial charge in [-0.25, -0.2) is 0 Å². The van der Waals surface area contributed by atoms with Gasteiger partial charge in [0.15, 0.2) is 17.6 Å². The van der Waals surface area contributed by atoms with E-state index in [0.29, 0.717) is 36.5 Å². The number of hydrogen-bond donors (Lipinski definition) is 3. The fourth-order valence-corrected chi connectivity index (χ4v) is 6.21. The van der Waals surface area contributed by atoms with Crippen molar-refractivity contribution in [1.82, 2.24) is 10.2 Å². The van der Waals surface area contributed by atoms with Crippen molar-refractivity contribution in [1.29, 1.82) is 0 Å². The van der Waals surface area contributed by atoms with Crippen LogP contribution < -0.4 is 14.8 Å². The number of ether oxygens (including phenoxy) is 3. The van der Waals surface area contributed by atoms with Crippen LogP contribution in [0.25, 0.3) is 0 Å². The molecule has 2 aliphatic carbocycles. The van der Waals surface area contributed by atoms with E-state index in [-0.39, 0.29) is 19.0 Å². The van der Waals surface area contributed by atoms with Gasteiger partial charge in [0, 0.05) is 24.6 Å². The first kappa shape index (κ1) is 22.2. The number of esters is 1. The van der Waals surface area contributed by atoms with Gasteiger partial charge < -0.3 is 34.6 Å². The van der Waals surface area contributed by atoms with Crippen LogP contribution >= 0.6 is 0 Å². The minimum atomic E-state index is -1.14. The molecule has 5 rings (SSSR count). The normalized spacial score (nSPS) is 32.2. The Kier molecular flexibility index (Phi) is 5.19. The molecule has 9 heteroatoms. The molecule has 2 heterocycles. The Morgan fingerprint density at radius 3 is 2.91 bits per heavy atom. The zero-order chi connectivity index (χ0) is 23.5. The van der Waals surface area contributed by atoms with Crippen LogP contribution in [-0.2, 0) is 26.2 Å². The summed E-state index contributed by atoms with van der Waals surface area (Å²) in [5, 5.41) is 23.9. The minimum absolute atomic E-state index is 0.0489. The SMILES string of the molecule is COc1ccc2c3c1O[C@@H]1C(OC(=O)CCNC(=O)[C@H](C)O)=CC[C@]4(O)[C@H](C2)N(C)CC[C@@]314. The summed E-state index contributed by atoms with van der Waals surface area (Å²) in [4.78, 5) is 26.3. The molecular formula is C24H30N2O7. The molecule has 33 heavy (non-hydrogen) atoms. The number of amides is 1. The largest absolute Gasteiger partial charge is 0.493 e. The lowest BCUT2D eigenvalue weighted by molar-refractivity contribution is -0.169. The van der Waals surface area contributed by atoms with Gasteiger partial charge in [-0.1, -0.05) is 6.07 Å². The monoisotopic (exact) mass is 458 g/mol. The Morgan fingerprint density at radius 1 is 1.39 bits per heavy atom. The summed E-state index contributed by atoms with van der Waals surface area (Å²) in [7, 11) is 3.63. The van der Waals surface area contributed by atoms with E-state index in [0.717, 1.165) is 17.7 Å². The third-order valence-electron chi connectivity index (χ3n) is 7.80. The lowest BCUT2D eigenvalue weighted by Crippen LogP contribution is -2.74. The second kappa shape index (κ2) is 7.72. The van der Waals surface area contributed by atoms with Crippen LogP contribution in [0.4, 0.5) is 0 Å². The van der Waals surface area contributed by atoms with Crippen molar-refractivity contribution in [2.75, 3.05) is 27.2 Å². The Morgan fingerprint density at radius 2 is 2.18 bits per heavy atom. The maximum Gasteiger partial charge on any atom is 0.312 e. The fourth-order valence-electron chi connectivity index (χ4n) is 6.21. The first-order chi connectivity index (χ1) is 15.7. The molecule has 0 aromatic heterocycles. The lowest BCUT2D eigenvalue weighted by atomic mass is 9.50. The van der Waals surface area contributed by atoms with Crippen LogP contribution in [0.1, 0.15) is 37.3 Å². The van der Waals surface area contributed by atoms with E-state index in [1.165, 1.54) is 6.92 Å². The number of rotatable bonds is 6. The third-order valence-corrected chi connectivity index (χ3v) is 7.80. The van der Waals surface area contributed by atoms with Crippen LogP contribution in [-0.4, -0.2) is 78.1 Å². The van der Waals surface area contributed by atoms with Crippen molar-refractivity contribution in [2.24, 2.45) is 0 Å². The summed E-state index contributed by atoms with van der Waals surface area (Å²) in [5.74, 6) is 0.553. The van der Waals surface area contributed by atoms with E-state index >= 15 is 0 Å². The molecule has 2 aliphatic heterocycles. The number of methoxy groups -OCH3 is 1. The van der Waals surface area contributed by atoms with Gasteiger partial charge in [0.25, 0.3) is 0 Å². The van der Waals surface area contributed by atoms with Crippen LogP contribution in [0.5, 0.6) is 11.5 Å². The van der Waals surface area contributed by atoms with Crippen molar-refractivity contribution in [3.8, 4) is 11.5 Å². The lowest BCUT2D eigenvalue weighted by Gasteiger charge is -2.61. The smallest absolute Gasteiger partial charge is 0.312 e. The number of nitrogens with one attached hydrogen (secondary N) is 1. The second-order valence-electron chi connectivity index (χ2n) is 9.48. The summed E-state index contributed by atoms with van der Waals surface area (Å²) in [6, 6.07) is 3.86. The zero-order valence-electron chi connectivity index (χ0n) is 19.1. The van der Waals surface area contributed by atoms with Crippen molar-refractivity contribution >= 4 is 11.9 Å². The van der Waals surface area contributed by atoms with Crippen molar-refractivity contribution in [2.45, 2.75) is 61.9 Å². The molecule has 2 bridgehead atoms. The molecule has 3 N–H and O–H groups in total. The number of aliphatic hydroxyl groups excluding tert-OH is 1. The van der Waals surface area contributed by atoms with Gasteiger partial charge in [0.05, 0.1) is 24.5 Å². The third kappa shape index (κ3) is 3.02. The number of carbonyl (C=O) groups excluding carboxylic acids is 2. The zero-order valence-corrected chi connectivity index (χ0v) is 19.1. The standard InChI is InChI=1S/C24H30N2O7/c1-13(27)22(29)25-10-7-18(28)32-16-6-8-24(30)17-12-14-4-5-15(31-3)20-19(14)23(24,21(16)33-20)9-11-26(17)2/h4-6,13,17,21,27,30H,7-12H2,1-3H3,(H,25,29)/t13-,17-,21+,23+,24-/m0/s1. The average Bonchev–Trinajstić information content (AvgIpc) is 3.13. The maximum atomic E-state index is 12.6. The van der Waals surface area contributed by atoms with Crippen LogP contribution in [0.15, 0.2) is 24.0 Å². The molecule has 9 nitrogen and oxygen atoms in total. The molecule has 0 unspecified atom stereocenters. The number of likely N-dealkylation sites (tertiary alicyclic amines) is 1. The maximum absolute atomic E-state index is 12.6. The highest BCUT2D eigenvalue weighted by atomic mass is 16.6. The molecular weight excluding hydrogens is 428 g/mol. The van der Waals surface area contributed by atoms with Gasteiger partial charge >= 0.3 is 5.97 Å². The predicted octanol–water partition coefficient (Wildman–Crippen LogP) is 0.403. The van der Waals surface area contributed by atoms with Gasteiger partial charge in [-0.3, -0.25) is 9.59 Å². The fraction of sp³-hybridized carbons (Fsp3) is 0.583. The molecule has 0 saturated carbocycles. The number of nitrogens with zero attached hydrogens (tertiary/aromatic N) is 1. The van der Waals surface area contributed by atoms with Gasteiger partial charge in [-0.15, -0.1) is 0 Å². The first-order valence-corrected chi connectivity index (χ1v) is 11.4. The summed E-state index contributed by atoms with van der Waals surface area (Å²) in [5.41, 5.74) is 0.315. The van der Waals surface area contributed by atoms with E-state index in [1.54, 1.807) is 13.2 Å². The Hall–Kier alpha value is -2.62. The van der Waals surface area contributed by atoms with E-state index in [9.17, 15) is 19.8 Å². The molecule has 1 spiro atoms. The number of hydrogen-bond acceptors (Lipinski definition) is 8. The summed E-state index contributed by atoms with van der Waals surface area (Å²) in [6.45, 7) is 2.20. The van der Waals surface area contributed by atoms with E-state index in [4.69, 9.17) is 14.2 Å². The topological polar surface area (TPSA) is 118 Å². The molecule has 1 amide bonds. The predicted molar refractivity (Wildman–Crippen MR) is 117 cm³/mol. The summed E-state index contributed by atoms with van der Waals surface area (Å²) < 4.78 is 17.7. The highest BCUT2D eigenvalue weighted by Crippen LogP contribution is 2.65. The van der Waals surface area contributed by atoms with Gasteiger partial charge in [-0.2, -0.15) is 0 Å². The van der Waals surface area contributed by atoms with Crippen LogP contribution in [0.2, 0.25) is 0 Å². The molecule has 4 aliphatic rings. The Bertz CT molecular complexity index is 1040. The highest BCUT2D eigenvalue weighted by molar-refractivity contribution is 5.80. The second-order valence-corrected chi connectivity index (χ2v) is 9.48. The Balaban J connectivity index is 1.47. The number of likely N-dealkylation sites (N-methyl/N-ethyl adjacent to an activating group) is 1. The molecule has 5 atom stereocenters. The molecule has 1 aromatic rings. The minimum Gasteiger partial charge on any atom is -0.493 e. The quantitative estimate of drug-likeness (QED) is 0.525. The number of carbonyl (C=O) groups is 2. The van der Waals surface area contributed by atoms with Crippen LogP contribution in [0.3, 0.4) is 0 Å². The molecule has 178 valence electrons. The van der Waals surface area contributed by atoms with E-state index < -0.39 is 35.1 Å².